The van der Waals surface area contributed by atoms with E-state index in [0.717, 1.165) is 0 Å². The van der Waals surface area contributed by atoms with Gasteiger partial charge in [0.2, 0.25) is 0 Å². The lowest BCUT2D eigenvalue weighted by atomic mass is 10.1. The van der Waals surface area contributed by atoms with Crippen LogP contribution in [0.1, 0.15) is 25.7 Å². The fraction of sp³-hybridized carbons (Fsp3) is 0.714. The minimum Gasteiger partial charge on any atom is -0.544 e. The van der Waals surface area contributed by atoms with Crippen LogP contribution in [0.4, 0.5) is 0 Å². The molecule has 0 aliphatic heterocycles. The predicted octanol–water partition coefficient (Wildman–Crippen LogP) is -8.68. The Morgan fingerprint density at radius 3 is 0.958 bits per heavy atom. The molecule has 10 nitrogen and oxygen atoms in total. The SMILES string of the molecule is O=C([O-])C[NH+](CCCCCC[NH+](CC(=O)[O-])CC(=O)[O-])CC(=O)[O-]. The van der Waals surface area contributed by atoms with Gasteiger partial charge in [-0.2, -0.15) is 0 Å². The normalized spacial score (nSPS) is 10.9. The summed E-state index contributed by atoms with van der Waals surface area (Å²) < 4.78 is 0. The number of rotatable bonds is 15. The van der Waals surface area contributed by atoms with Crippen molar-refractivity contribution in [3.63, 3.8) is 0 Å². The number of unbranched alkanes of at least 4 members (excludes halogenated alkanes) is 3. The monoisotopic (exact) mass is 346 g/mol. The number of hydrogen-bond acceptors (Lipinski definition) is 8. The van der Waals surface area contributed by atoms with Gasteiger partial charge in [-0.1, -0.05) is 0 Å². The molecule has 0 aromatic rings. The van der Waals surface area contributed by atoms with Crippen molar-refractivity contribution in [3.05, 3.63) is 0 Å². The third kappa shape index (κ3) is 13.5. The molecule has 2 N–H and O–H groups in total. The van der Waals surface area contributed by atoms with Gasteiger partial charge in [0, 0.05) is 0 Å². The largest absolute Gasteiger partial charge is 0.544 e. The van der Waals surface area contributed by atoms with E-state index in [2.05, 4.69) is 0 Å². The fourth-order valence-corrected chi connectivity index (χ4v) is 2.40. The molecule has 0 spiro atoms. The highest BCUT2D eigenvalue weighted by Crippen LogP contribution is 1.96. The fourth-order valence-electron chi connectivity index (χ4n) is 2.40. The van der Waals surface area contributed by atoms with Gasteiger partial charge in [0.05, 0.1) is 37.0 Å². The minimum absolute atomic E-state index is 0.330. The number of carbonyl (C=O) groups excluding carboxylic acids is 4. The zero-order valence-corrected chi connectivity index (χ0v) is 13.3. The van der Waals surface area contributed by atoms with Gasteiger partial charge in [0.15, 0.2) is 0 Å². The van der Waals surface area contributed by atoms with Gasteiger partial charge in [-0.3, -0.25) is 0 Å². The molecule has 0 heterocycles. The molecule has 0 atom stereocenters. The standard InChI is InChI=1S/C14H24N2O8/c17-11(18)7-15(8-12(19)20)5-3-1-2-4-6-16(9-13(21)22)10-14(23)24/h1-10H2,(H,17,18)(H,19,20)(H,21,22)(H,23,24)/p-2. The second kappa shape index (κ2) is 12.3. The molecule has 0 aliphatic carbocycles. The summed E-state index contributed by atoms with van der Waals surface area (Å²) >= 11 is 0. The third-order valence-electron chi connectivity index (χ3n) is 3.39. The average Bonchev–Trinajstić information content (AvgIpc) is 2.39. The summed E-state index contributed by atoms with van der Waals surface area (Å²) in [5, 5.41) is 42.1. The summed E-state index contributed by atoms with van der Waals surface area (Å²) in [5.41, 5.74) is 0. The first kappa shape index (κ1) is 21.8. The van der Waals surface area contributed by atoms with Crippen LogP contribution in [0, 0.1) is 0 Å². The Morgan fingerprint density at radius 1 is 0.500 bits per heavy atom. The van der Waals surface area contributed by atoms with Crippen LogP contribution in [0.3, 0.4) is 0 Å². The van der Waals surface area contributed by atoms with Crippen LogP contribution in [0.5, 0.6) is 0 Å². The van der Waals surface area contributed by atoms with Crippen molar-refractivity contribution < 1.29 is 49.4 Å². The molecule has 0 unspecified atom stereocenters. The Balaban J connectivity index is 3.99. The van der Waals surface area contributed by atoms with E-state index in [4.69, 9.17) is 0 Å². The summed E-state index contributed by atoms with van der Waals surface area (Å²) in [4.78, 5) is 42.8. The van der Waals surface area contributed by atoms with E-state index in [9.17, 15) is 39.6 Å². The molecule has 0 amide bonds. The molecule has 0 radical (unpaired) electrons. The van der Waals surface area contributed by atoms with Crippen LogP contribution < -0.4 is 30.2 Å². The van der Waals surface area contributed by atoms with E-state index >= 15 is 0 Å². The quantitative estimate of drug-likeness (QED) is 0.275. The summed E-state index contributed by atoms with van der Waals surface area (Å²) in [7, 11) is 0. The molecule has 0 aromatic heterocycles. The lowest BCUT2D eigenvalue weighted by molar-refractivity contribution is -0.889. The summed E-state index contributed by atoms with van der Waals surface area (Å²) in [6.45, 7) is -0.994. The molecule has 138 valence electrons. The van der Waals surface area contributed by atoms with Crippen molar-refractivity contribution in [2.75, 3.05) is 39.3 Å². The number of hydrogen-bond donors (Lipinski definition) is 2. The second-order valence-corrected chi connectivity index (χ2v) is 5.61. The smallest absolute Gasteiger partial charge is 0.118 e. The number of carboxylic acid groups (broad SMARTS) is 4. The Morgan fingerprint density at radius 2 is 0.750 bits per heavy atom. The van der Waals surface area contributed by atoms with E-state index in [-0.39, 0.29) is 0 Å². The summed E-state index contributed by atoms with van der Waals surface area (Å²) in [6, 6.07) is 0. The molecule has 0 saturated heterocycles. The molecule has 0 aromatic carbocycles. The van der Waals surface area contributed by atoms with Crippen molar-refractivity contribution in [3.8, 4) is 0 Å². The Hall–Kier alpha value is -2.20. The maximum absolute atomic E-state index is 10.5. The first-order chi connectivity index (χ1) is 11.2. The van der Waals surface area contributed by atoms with Crippen LogP contribution in [0.15, 0.2) is 0 Å². The highest BCUT2D eigenvalue weighted by molar-refractivity contribution is 5.68. The number of carbonyl (C=O) groups is 4. The molecule has 0 aliphatic rings. The van der Waals surface area contributed by atoms with E-state index in [0.29, 0.717) is 48.6 Å². The first-order valence-electron chi connectivity index (χ1n) is 7.67. The van der Waals surface area contributed by atoms with Crippen LogP contribution in [-0.2, 0) is 19.2 Å². The Kier molecular flexibility index (Phi) is 11.1. The van der Waals surface area contributed by atoms with E-state index in [1.54, 1.807) is 0 Å². The van der Waals surface area contributed by atoms with Crippen LogP contribution in [-0.4, -0.2) is 63.1 Å². The van der Waals surface area contributed by atoms with Crippen molar-refractivity contribution >= 4 is 23.9 Å². The van der Waals surface area contributed by atoms with Crippen molar-refractivity contribution in [1.82, 2.24) is 0 Å². The van der Waals surface area contributed by atoms with Gasteiger partial charge in [0.25, 0.3) is 0 Å². The van der Waals surface area contributed by atoms with Crippen molar-refractivity contribution in [2.24, 2.45) is 0 Å². The minimum atomic E-state index is -1.34. The number of nitrogens with one attached hydrogen (secondary N) is 2. The number of quaternary nitrogens is 2. The van der Waals surface area contributed by atoms with Crippen LogP contribution in [0.2, 0.25) is 0 Å². The zero-order valence-electron chi connectivity index (χ0n) is 13.3. The molecule has 0 rings (SSSR count). The average molecular weight is 346 g/mol. The van der Waals surface area contributed by atoms with E-state index < -0.39 is 50.1 Å². The van der Waals surface area contributed by atoms with Gasteiger partial charge in [-0.15, -0.1) is 0 Å². The Labute approximate surface area is 139 Å². The molecule has 10 heteroatoms. The molecule has 24 heavy (non-hydrogen) atoms. The van der Waals surface area contributed by atoms with Crippen LogP contribution in [0.25, 0.3) is 0 Å². The highest BCUT2D eigenvalue weighted by atomic mass is 16.4. The maximum atomic E-state index is 10.5. The predicted molar refractivity (Wildman–Crippen MR) is 69.6 cm³/mol. The van der Waals surface area contributed by atoms with Gasteiger partial charge in [0.1, 0.15) is 26.2 Å². The van der Waals surface area contributed by atoms with Crippen LogP contribution >= 0.6 is 0 Å². The van der Waals surface area contributed by atoms with Crippen molar-refractivity contribution in [1.29, 1.82) is 0 Å². The summed E-state index contributed by atoms with van der Waals surface area (Å²) in [6.07, 6.45) is 2.50. The van der Waals surface area contributed by atoms with Gasteiger partial charge in [-0.05, 0) is 25.7 Å². The maximum Gasteiger partial charge on any atom is 0.118 e. The molecule has 0 fully saturated rings. The van der Waals surface area contributed by atoms with Gasteiger partial charge in [-0.25, -0.2) is 0 Å². The van der Waals surface area contributed by atoms with Gasteiger partial charge >= 0.3 is 0 Å². The third-order valence-corrected chi connectivity index (χ3v) is 3.39. The summed E-state index contributed by atoms with van der Waals surface area (Å²) in [5.74, 6) is -5.35. The zero-order chi connectivity index (χ0) is 18.5. The van der Waals surface area contributed by atoms with Crippen molar-refractivity contribution in [2.45, 2.75) is 25.7 Å². The highest BCUT2D eigenvalue weighted by Gasteiger charge is 2.11. The molecular formula is C14H22N2O8-2. The van der Waals surface area contributed by atoms with E-state index in [1.807, 2.05) is 0 Å². The lowest BCUT2D eigenvalue weighted by Crippen LogP contribution is -3.14. The lowest BCUT2D eigenvalue weighted by Gasteiger charge is -2.21. The molecule has 0 saturated carbocycles. The number of aliphatic carboxylic acids is 4. The first-order valence-corrected chi connectivity index (χ1v) is 7.67. The topological polar surface area (TPSA) is 169 Å². The Bertz CT molecular complexity index is 368. The number of carboxylic acids is 4. The van der Waals surface area contributed by atoms with E-state index in [1.165, 1.54) is 0 Å². The molecule has 0 bridgehead atoms. The van der Waals surface area contributed by atoms with Gasteiger partial charge < -0.3 is 49.4 Å². The molecular weight excluding hydrogens is 324 g/mol. The second-order valence-electron chi connectivity index (χ2n) is 5.61.